The molecule has 4 atom stereocenters. The Morgan fingerprint density at radius 1 is 1.26 bits per heavy atom. The van der Waals surface area contributed by atoms with E-state index in [0.29, 0.717) is 5.92 Å². The van der Waals surface area contributed by atoms with Crippen LogP contribution in [0.5, 0.6) is 5.75 Å². The zero-order chi connectivity index (χ0) is 13.4. The van der Waals surface area contributed by atoms with Gasteiger partial charge in [-0.15, -0.1) is 0 Å². The van der Waals surface area contributed by atoms with Crippen LogP contribution in [0.3, 0.4) is 0 Å². The Bertz CT molecular complexity index is 460. The number of halogens is 1. The number of hydrogen-bond acceptors (Lipinski definition) is 2. The van der Waals surface area contributed by atoms with Crippen LogP contribution in [-0.2, 0) is 0 Å². The van der Waals surface area contributed by atoms with Crippen LogP contribution in [0.1, 0.15) is 50.7 Å². The van der Waals surface area contributed by atoms with Crippen LogP contribution in [0, 0.1) is 11.8 Å². The first-order valence-corrected chi connectivity index (χ1v) is 8.07. The predicted molar refractivity (Wildman–Crippen MR) is 79.3 cm³/mol. The third-order valence-electron chi connectivity index (χ3n) is 4.57. The Morgan fingerprint density at radius 2 is 2.11 bits per heavy atom. The summed E-state index contributed by atoms with van der Waals surface area (Å²) in [6.45, 7) is 2.33. The number of hydrogen-bond donors (Lipinski definition) is 1. The second-order valence-electron chi connectivity index (χ2n) is 6.12. The standard InChI is InChI=1S/C16H21BrO2/c1-10-3-2-4-11(7-10)16-9-14(18)13-8-12(17)5-6-15(13)19-16/h5-6,8,10-11,14,16,18H,2-4,7,9H2,1H3/t10?,11?,14-,16?/m1/s1. The van der Waals surface area contributed by atoms with Gasteiger partial charge in [0.25, 0.3) is 0 Å². The summed E-state index contributed by atoms with van der Waals surface area (Å²) in [5.74, 6) is 2.27. The molecule has 3 heteroatoms. The summed E-state index contributed by atoms with van der Waals surface area (Å²) in [6, 6.07) is 5.93. The van der Waals surface area contributed by atoms with Crippen molar-refractivity contribution in [3.05, 3.63) is 28.2 Å². The smallest absolute Gasteiger partial charge is 0.125 e. The van der Waals surface area contributed by atoms with E-state index in [9.17, 15) is 5.11 Å². The fourth-order valence-corrected chi connectivity index (χ4v) is 3.93. The van der Waals surface area contributed by atoms with Gasteiger partial charge in [-0.1, -0.05) is 35.7 Å². The molecule has 0 bridgehead atoms. The minimum Gasteiger partial charge on any atom is -0.490 e. The van der Waals surface area contributed by atoms with Crippen molar-refractivity contribution >= 4 is 15.9 Å². The maximum Gasteiger partial charge on any atom is 0.125 e. The molecule has 0 amide bonds. The summed E-state index contributed by atoms with van der Waals surface area (Å²) in [5, 5.41) is 10.4. The zero-order valence-corrected chi connectivity index (χ0v) is 12.9. The topological polar surface area (TPSA) is 29.5 Å². The molecular weight excluding hydrogens is 304 g/mol. The molecule has 1 N–H and O–H groups in total. The molecule has 0 spiro atoms. The lowest BCUT2D eigenvalue weighted by Crippen LogP contribution is -2.35. The molecule has 1 aliphatic carbocycles. The SMILES string of the molecule is CC1CCCC(C2C[C@@H](O)c3cc(Br)ccc3O2)C1. The van der Waals surface area contributed by atoms with E-state index >= 15 is 0 Å². The summed E-state index contributed by atoms with van der Waals surface area (Å²) in [4.78, 5) is 0. The summed E-state index contributed by atoms with van der Waals surface area (Å²) in [5.41, 5.74) is 0.925. The lowest BCUT2D eigenvalue weighted by Gasteiger charge is -2.38. The van der Waals surface area contributed by atoms with E-state index in [1.165, 1.54) is 25.7 Å². The number of fused-ring (bicyclic) bond motifs is 1. The second-order valence-corrected chi connectivity index (χ2v) is 7.04. The van der Waals surface area contributed by atoms with Gasteiger partial charge in [-0.05, 0) is 42.9 Å². The Hall–Kier alpha value is -0.540. The van der Waals surface area contributed by atoms with E-state index in [1.54, 1.807) is 0 Å². The van der Waals surface area contributed by atoms with Crippen LogP contribution in [0.2, 0.25) is 0 Å². The van der Waals surface area contributed by atoms with Crippen LogP contribution in [-0.4, -0.2) is 11.2 Å². The van der Waals surface area contributed by atoms with Gasteiger partial charge in [-0.3, -0.25) is 0 Å². The first-order valence-electron chi connectivity index (χ1n) is 7.27. The van der Waals surface area contributed by atoms with Crippen molar-refractivity contribution in [1.82, 2.24) is 0 Å². The van der Waals surface area contributed by atoms with E-state index in [1.807, 2.05) is 18.2 Å². The largest absolute Gasteiger partial charge is 0.490 e. The van der Waals surface area contributed by atoms with E-state index in [2.05, 4.69) is 22.9 Å². The quantitative estimate of drug-likeness (QED) is 0.826. The van der Waals surface area contributed by atoms with Crippen LogP contribution in [0.15, 0.2) is 22.7 Å². The molecule has 3 unspecified atom stereocenters. The maximum absolute atomic E-state index is 10.4. The van der Waals surface area contributed by atoms with Crippen molar-refractivity contribution in [2.45, 2.75) is 51.2 Å². The number of aliphatic hydroxyl groups excluding tert-OH is 1. The monoisotopic (exact) mass is 324 g/mol. The molecular formula is C16H21BrO2. The average Bonchev–Trinajstić information content (AvgIpc) is 2.39. The van der Waals surface area contributed by atoms with Crippen LogP contribution < -0.4 is 4.74 Å². The number of ether oxygens (including phenoxy) is 1. The first kappa shape index (κ1) is 13.4. The molecule has 1 aromatic rings. The van der Waals surface area contributed by atoms with Crippen molar-refractivity contribution in [2.75, 3.05) is 0 Å². The molecule has 19 heavy (non-hydrogen) atoms. The third-order valence-corrected chi connectivity index (χ3v) is 5.06. The predicted octanol–water partition coefficient (Wildman–Crippen LogP) is 4.46. The zero-order valence-electron chi connectivity index (χ0n) is 11.3. The summed E-state index contributed by atoms with van der Waals surface area (Å²) in [6.07, 6.45) is 5.66. The average molecular weight is 325 g/mol. The summed E-state index contributed by atoms with van der Waals surface area (Å²) >= 11 is 3.45. The normalized spacial score (nSPS) is 34.5. The maximum atomic E-state index is 10.4. The molecule has 1 aromatic carbocycles. The van der Waals surface area contributed by atoms with Gasteiger partial charge in [0.05, 0.1) is 6.10 Å². The van der Waals surface area contributed by atoms with Crippen molar-refractivity contribution in [3.8, 4) is 5.75 Å². The highest BCUT2D eigenvalue weighted by atomic mass is 79.9. The van der Waals surface area contributed by atoms with Crippen LogP contribution in [0.4, 0.5) is 0 Å². The molecule has 104 valence electrons. The van der Waals surface area contributed by atoms with E-state index in [-0.39, 0.29) is 12.2 Å². The van der Waals surface area contributed by atoms with Crippen molar-refractivity contribution < 1.29 is 9.84 Å². The summed E-state index contributed by atoms with van der Waals surface area (Å²) < 4.78 is 7.16. The molecule has 1 fully saturated rings. The van der Waals surface area contributed by atoms with Crippen LogP contribution in [0.25, 0.3) is 0 Å². The third kappa shape index (κ3) is 2.82. The molecule has 2 aliphatic rings. The number of rotatable bonds is 1. The van der Waals surface area contributed by atoms with Crippen LogP contribution >= 0.6 is 15.9 Å². The summed E-state index contributed by atoms with van der Waals surface area (Å²) in [7, 11) is 0. The van der Waals surface area contributed by atoms with Crippen molar-refractivity contribution in [2.24, 2.45) is 11.8 Å². The molecule has 0 radical (unpaired) electrons. The minimum absolute atomic E-state index is 0.187. The van der Waals surface area contributed by atoms with Gasteiger partial charge < -0.3 is 9.84 Å². The van der Waals surface area contributed by atoms with E-state index in [0.717, 1.165) is 28.1 Å². The fourth-order valence-electron chi connectivity index (χ4n) is 3.55. The Balaban J connectivity index is 1.79. The van der Waals surface area contributed by atoms with Crippen molar-refractivity contribution in [1.29, 1.82) is 0 Å². The molecule has 1 aliphatic heterocycles. The van der Waals surface area contributed by atoms with Gasteiger partial charge in [0.15, 0.2) is 0 Å². The number of benzene rings is 1. The second kappa shape index (κ2) is 5.45. The number of aliphatic hydroxyl groups is 1. The molecule has 3 rings (SSSR count). The first-order chi connectivity index (χ1) is 9.13. The Kier molecular flexibility index (Phi) is 3.86. The lowest BCUT2D eigenvalue weighted by molar-refractivity contribution is 0.0171. The van der Waals surface area contributed by atoms with Crippen molar-refractivity contribution in [3.63, 3.8) is 0 Å². The van der Waals surface area contributed by atoms with Gasteiger partial charge >= 0.3 is 0 Å². The fraction of sp³-hybridized carbons (Fsp3) is 0.625. The van der Waals surface area contributed by atoms with Gasteiger partial charge in [-0.25, -0.2) is 0 Å². The van der Waals surface area contributed by atoms with Gasteiger partial charge in [0, 0.05) is 16.5 Å². The molecule has 0 saturated heterocycles. The molecule has 2 nitrogen and oxygen atoms in total. The highest BCUT2D eigenvalue weighted by Gasteiger charge is 2.34. The Morgan fingerprint density at radius 3 is 2.89 bits per heavy atom. The van der Waals surface area contributed by atoms with Gasteiger partial charge in [-0.2, -0.15) is 0 Å². The highest BCUT2D eigenvalue weighted by molar-refractivity contribution is 9.10. The highest BCUT2D eigenvalue weighted by Crippen LogP contribution is 2.42. The van der Waals surface area contributed by atoms with E-state index < -0.39 is 0 Å². The lowest BCUT2D eigenvalue weighted by atomic mass is 9.77. The van der Waals surface area contributed by atoms with Gasteiger partial charge in [0.2, 0.25) is 0 Å². The molecule has 1 heterocycles. The van der Waals surface area contributed by atoms with Gasteiger partial charge in [0.1, 0.15) is 11.9 Å². The van der Waals surface area contributed by atoms with E-state index in [4.69, 9.17) is 4.74 Å². The molecule has 1 saturated carbocycles. The minimum atomic E-state index is -0.386. The molecule has 0 aromatic heterocycles. The Labute approximate surface area is 123 Å².